The average molecular weight is 401 g/mol. The van der Waals surface area contributed by atoms with Crippen molar-refractivity contribution in [3.8, 4) is 17.3 Å². The smallest absolute Gasteiger partial charge is 0.384 e. The lowest BCUT2D eigenvalue weighted by Gasteiger charge is -2.16. The molecule has 1 aromatic carbocycles. The normalized spacial score (nSPS) is 11.1. The van der Waals surface area contributed by atoms with Crippen LogP contribution in [0.2, 0.25) is 0 Å². The molecule has 0 atom stereocenters. The topological polar surface area (TPSA) is 87.6 Å². The van der Waals surface area contributed by atoms with Crippen LogP contribution in [0.3, 0.4) is 0 Å². The fourth-order valence-electron chi connectivity index (χ4n) is 2.49. The molecule has 0 spiro atoms. The first-order valence-corrected chi connectivity index (χ1v) is 8.84. The lowest BCUT2D eigenvalue weighted by molar-refractivity contribution is -0.137. The first-order chi connectivity index (χ1) is 13.3. The van der Waals surface area contributed by atoms with Crippen molar-refractivity contribution in [1.29, 1.82) is 5.26 Å². The number of halogens is 3. The predicted octanol–water partition coefficient (Wildman–Crippen LogP) is 5.04. The van der Waals surface area contributed by atoms with Crippen molar-refractivity contribution < 1.29 is 13.2 Å². The van der Waals surface area contributed by atoms with Gasteiger partial charge in [0.25, 0.3) is 0 Å². The number of aryl methyl sites for hydroxylation is 1. The van der Waals surface area contributed by atoms with Crippen LogP contribution in [0, 0.1) is 18.3 Å². The summed E-state index contributed by atoms with van der Waals surface area (Å²) in [7, 11) is 0. The summed E-state index contributed by atoms with van der Waals surface area (Å²) < 4.78 is 43.4. The summed E-state index contributed by atoms with van der Waals surface area (Å²) in [4.78, 5) is 8.26. The van der Waals surface area contributed by atoms with Gasteiger partial charge in [0, 0.05) is 17.5 Å². The average Bonchev–Trinajstić information content (AvgIpc) is 2.66. The molecule has 2 aromatic heterocycles. The molecule has 2 heterocycles. The van der Waals surface area contributed by atoms with Crippen molar-refractivity contribution >= 4 is 23.6 Å². The van der Waals surface area contributed by atoms with Crippen molar-refractivity contribution in [3.63, 3.8) is 0 Å². The minimum atomic E-state index is -4.58. The number of nitrogens with one attached hydrogen (secondary N) is 1. The van der Waals surface area contributed by atoms with Crippen LogP contribution in [0.5, 0.6) is 0 Å². The van der Waals surface area contributed by atoms with Gasteiger partial charge in [-0.05, 0) is 48.9 Å². The quantitative estimate of drug-likeness (QED) is 0.595. The molecule has 0 aliphatic rings. The van der Waals surface area contributed by atoms with Crippen LogP contribution in [0.1, 0.15) is 16.7 Å². The predicted molar refractivity (Wildman–Crippen MR) is 102 cm³/mol. The van der Waals surface area contributed by atoms with E-state index in [1.165, 1.54) is 12.1 Å². The largest absolute Gasteiger partial charge is 0.418 e. The van der Waals surface area contributed by atoms with Crippen molar-refractivity contribution in [3.05, 3.63) is 65.2 Å². The number of hydrogen-bond acceptors (Lipinski definition) is 6. The Morgan fingerprint density at radius 3 is 2.57 bits per heavy atom. The zero-order valence-electron chi connectivity index (χ0n) is 14.6. The number of pyridine rings is 2. The molecule has 3 N–H and O–H groups in total. The van der Waals surface area contributed by atoms with Gasteiger partial charge in [0.05, 0.1) is 22.9 Å². The molecule has 0 bridgehead atoms. The molecule has 0 aliphatic heterocycles. The number of nitriles is 1. The van der Waals surface area contributed by atoms with Crippen LogP contribution in [-0.2, 0) is 6.18 Å². The lowest BCUT2D eigenvalue weighted by atomic mass is 9.98. The van der Waals surface area contributed by atoms with Crippen molar-refractivity contribution in [2.45, 2.75) is 18.1 Å². The van der Waals surface area contributed by atoms with Gasteiger partial charge in [-0.1, -0.05) is 12.1 Å². The Bertz CT molecular complexity index is 1060. The van der Waals surface area contributed by atoms with Crippen LogP contribution < -0.4 is 10.5 Å². The van der Waals surface area contributed by atoms with E-state index in [0.717, 1.165) is 18.0 Å². The Balaban J connectivity index is 2.02. The first kappa shape index (κ1) is 19.5. The van der Waals surface area contributed by atoms with E-state index in [1.807, 2.05) is 6.07 Å². The molecule has 0 amide bonds. The summed E-state index contributed by atoms with van der Waals surface area (Å²) in [6, 6.07) is 13.8. The maximum absolute atomic E-state index is 13.5. The molecule has 0 radical (unpaired) electrons. The van der Waals surface area contributed by atoms with E-state index in [-0.39, 0.29) is 22.6 Å². The summed E-state index contributed by atoms with van der Waals surface area (Å²) >= 11 is 1.08. The second-order valence-electron chi connectivity index (χ2n) is 5.84. The number of rotatable bonds is 4. The monoisotopic (exact) mass is 401 g/mol. The van der Waals surface area contributed by atoms with Gasteiger partial charge in [-0.25, -0.2) is 9.97 Å². The standard InChI is InChI=1S/C19H14F3N5S/c1-11-5-6-12(10-23)9-13(11)18-14(19(20,21)22)7-8-16(26-18)27-28-17-4-2-3-15(24)25-17/h2-9H,1H3,(H2,24,25)(H,26,27). The fourth-order valence-corrected chi connectivity index (χ4v) is 3.11. The van der Waals surface area contributed by atoms with E-state index >= 15 is 0 Å². The molecule has 142 valence electrons. The molecule has 0 saturated carbocycles. The maximum Gasteiger partial charge on any atom is 0.418 e. The van der Waals surface area contributed by atoms with Gasteiger partial charge in [-0.3, -0.25) is 0 Å². The number of benzene rings is 1. The number of nitrogens with zero attached hydrogens (tertiary/aromatic N) is 3. The van der Waals surface area contributed by atoms with Gasteiger partial charge in [0.2, 0.25) is 0 Å². The van der Waals surface area contributed by atoms with Gasteiger partial charge in [0.1, 0.15) is 16.7 Å². The second-order valence-corrected chi connectivity index (χ2v) is 6.66. The molecule has 5 nitrogen and oxygen atoms in total. The van der Waals surface area contributed by atoms with Crippen LogP contribution in [-0.4, -0.2) is 9.97 Å². The molecule has 0 unspecified atom stereocenters. The van der Waals surface area contributed by atoms with E-state index < -0.39 is 11.7 Å². The van der Waals surface area contributed by atoms with Crippen molar-refractivity contribution in [2.24, 2.45) is 0 Å². The van der Waals surface area contributed by atoms with Crippen molar-refractivity contribution in [1.82, 2.24) is 9.97 Å². The highest BCUT2D eigenvalue weighted by Gasteiger charge is 2.35. The van der Waals surface area contributed by atoms with E-state index in [1.54, 1.807) is 37.3 Å². The number of nitrogen functional groups attached to an aromatic ring is 1. The van der Waals surface area contributed by atoms with Crippen LogP contribution in [0.15, 0.2) is 53.6 Å². The molecule has 0 aliphatic carbocycles. The third kappa shape index (κ3) is 4.35. The third-order valence-electron chi connectivity index (χ3n) is 3.83. The Morgan fingerprint density at radius 1 is 1.11 bits per heavy atom. The summed E-state index contributed by atoms with van der Waals surface area (Å²) in [6.45, 7) is 1.67. The van der Waals surface area contributed by atoms with Crippen LogP contribution in [0.25, 0.3) is 11.3 Å². The molecule has 3 aromatic rings. The van der Waals surface area contributed by atoms with Crippen LogP contribution >= 0.6 is 11.9 Å². The van der Waals surface area contributed by atoms with Gasteiger partial charge in [-0.15, -0.1) is 0 Å². The Morgan fingerprint density at radius 2 is 1.89 bits per heavy atom. The molecule has 28 heavy (non-hydrogen) atoms. The third-order valence-corrected chi connectivity index (χ3v) is 4.58. The molecular formula is C19H14F3N5S. The van der Waals surface area contributed by atoms with Gasteiger partial charge in [-0.2, -0.15) is 18.4 Å². The number of alkyl halides is 3. The van der Waals surface area contributed by atoms with E-state index in [9.17, 15) is 13.2 Å². The second kappa shape index (κ2) is 7.78. The molecule has 9 heteroatoms. The summed E-state index contributed by atoms with van der Waals surface area (Å²) in [5.74, 6) is 0.552. The zero-order chi connectivity index (χ0) is 20.3. The van der Waals surface area contributed by atoms with Crippen LogP contribution in [0.4, 0.5) is 24.8 Å². The first-order valence-electron chi connectivity index (χ1n) is 8.02. The van der Waals surface area contributed by atoms with E-state index in [0.29, 0.717) is 16.4 Å². The maximum atomic E-state index is 13.5. The minimum Gasteiger partial charge on any atom is -0.384 e. The summed E-state index contributed by atoms with van der Waals surface area (Å²) in [5, 5.41) is 9.64. The highest BCUT2D eigenvalue weighted by molar-refractivity contribution is 8.00. The van der Waals surface area contributed by atoms with Gasteiger partial charge < -0.3 is 10.5 Å². The fraction of sp³-hybridized carbons (Fsp3) is 0.105. The Hall–Kier alpha value is -3.25. The lowest BCUT2D eigenvalue weighted by Crippen LogP contribution is -2.10. The molecule has 0 fully saturated rings. The van der Waals surface area contributed by atoms with E-state index in [4.69, 9.17) is 11.0 Å². The van der Waals surface area contributed by atoms with Crippen molar-refractivity contribution in [2.75, 3.05) is 10.5 Å². The number of hydrogen-bond donors (Lipinski definition) is 2. The number of nitrogens with two attached hydrogens (primary N) is 1. The Kier molecular flexibility index (Phi) is 5.42. The SMILES string of the molecule is Cc1ccc(C#N)cc1-c1nc(NSc2cccc(N)n2)ccc1C(F)(F)F. The highest BCUT2D eigenvalue weighted by Crippen LogP contribution is 2.38. The Labute approximate surface area is 163 Å². The van der Waals surface area contributed by atoms with E-state index in [2.05, 4.69) is 14.7 Å². The summed E-state index contributed by atoms with van der Waals surface area (Å²) in [6.07, 6.45) is -4.58. The van der Waals surface area contributed by atoms with Gasteiger partial charge >= 0.3 is 6.18 Å². The molecule has 3 rings (SSSR count). The molecule has 0 saturated heterocycles. The minimum absolute atomic E-state index is 0.221. The number of aromatic nitrogens is 2. The highest BCUT2D eigenvalue weighted by atomic mass is 32.2. The summed E-state index contributed by atoms with van der Waals surface area (Å²) in [5.41, 5.74) is 5.60. The zero-order valence-corrected chi connectivity index (χ0v) is 15.4. The van der Waals surface area contributed by atoms with Gasteiger partial charge in [0.15, 0.2) is 0 Å². The molecular weight excluding hydrogens is 387 g/mol. The number of anilines is 2.